The van der Waals surface area contributed by atoms with Gasteiger partial charge in [-0.1, -0.05) is 53.6 Å². The van der Waals surface area contributed by atoms with Gasteiger partial charge < -0.3 is 9.80 Å². The third kappa shape index (κ3) is 3.47. The van der Waals surface area contributed by atoms with Crippen molar-refractivity contribution in [1.82, 2.24) is 30.0 Å². The van der Waals surface area contributed by atoms with Crippen LogP contribution in [-0.2, 0) is 4.79 Å². The predicted molar refractivity (Wildman–Crippen MR) is 108 cm³/mol. The second-order valence-corrected chi connectivity index (χ2v) is 7.47. The largest absolute Gasteiger partial charge is 0.337 e. The van der Waals surface area contributed by atoms with E-state index in [2.05, 4.69) is 37.5 Å². The van der Waals surface area contributed by atoms with Crippen LogP contribution in [0.5, 0.6) is 0 Å². The number of benzene rings is 2. The molecule has 2 aliphatic heterocycles. The minimum absolute atomic E-state index is 0.201. The number of amides is 1. The quantitative estimate of drug-likeness (QED) is 0.619. The molecule has 2 saturated heterocycles. The summed E-state index contributed by atoms with van der Waals surface area (Å²) in [5.41, 5.74) is 2.17. The number of likely N-dealkylation sites (tertiary alicyclic amines) is 1. The summed E-state index contributed by atoms with van der Waals surface area (Å²) in [6, 6.07) is 20.4. The van der Waals surface area contributed by atoms with Crippen molar-refractivity contribution in [2.75, 3.05) is 37.7 Å². The first-order valence-electron chi connectivity index (χ1n) is 9.95. The van der Waals surface area contributed by atoms with Crippen molar-refractivity contribution >= 4 is 11.9 Å². The summed E-state index contributed by atoms with van der Waals surface area (Å²) in [4.78, 5) is 18.7. The third-order valence-corrected chi connectivity index (χ3v) is 5.71. The standard InChI is InChI=1S/C21H23N7O/c29-20-15-19(17-7-3-1-4-8-17)27(20)16-25-11-13-26(14-12-25)21-22-23-24-28(21)18-9-5-2-6-10-18/h1-10,19H,11-16H2. The van der Waals surface area contributed by atoms with Crippen LogP contribution in [0.2, 0.25) is 0 Å². The number of β-lactam (4-membered cyclic amide) rings is 1. The van der Waals surface area contributed by atoms with E-state index in [0.717, 1.165) is 37.8 Å². The average Bonchev–Trinajstić information content (AvgIpc) is 3.27. The zero-order chi connectivity index (χ0) is 19.6. The van der Waals surface area contributed by atoms with Gasteiger partial charge in [0.25, 0.3) is 0 Å². The van der Waals surface area contributed by atoms with Gasteiger partial charge >= 0.3 is 0 Å². The second-order valence-electron chi connectivity index (χ2n) is 7.47. The maximum atomic E-state index is 12.2. The molecule has 0 saturated carbocycles. The van der Waals surface area contributed by atoms with E-state index < -0.39 is 0 Å². The lowest BCUT2D eigenvalue weighted by Gasteiger charge is -2.45. The first-order chi connectivity index (χ1) is 14.3. The molecule has 2 aliphatic rings. The van der Waals surface area contributed by atoms with Crippen molar-refractivity contribution in [2.24, 2.45) is 0 Å². The number of para-hydroxylation sites is 1. The van der Waals surface area contributed by atoms with E-state index >= 15 is 0 Å². The van der Waals surface area contributed by atoms with Crippen LogP contribution >= 0.6 is 0 Å². The lowest BCUT2D eigenvalue weighted by Crippen LogP contribution is -2.56. The lowest BCUT2D eigenvalue weighted by molar-refractivity contribution is -0.150. The normalized spacial score (nSPS) is 20.0. The Hall–Kier alpha value is -3.26. The molecule has 8 heteroatoms. The van der Waals surface area contributed by atoms with Gasteiger partial charge in [-0.3, -0.25) is 9.69 Å². The molecule has 1 aromatic heterocycles. The van der Waals surface area contributed by atoms with Gasteiger partial charge in [-0.25, -0.2) is 0 Å². The van der Waals surface area contributed by atoms with E-state index in [1.54, 1.807) is 4.68 Å². The Morgan fingerprint density at radius 3 is 2.28 bits per heavy atom. The Labute approximate surface area is 169 Å². The summed E-state index contributed by atoms with van der Waals surface area (Å²) in [5.74, 6) is 0.993. The molecule has 0 N–H and O–H groups in total. The number of rotatable bonds is 5. The minimum atomic E-state index is 0.201. The molecule has 2 aromatic carbocycles. The Kier molecular flexibility index (Phi) is 4.69. The fourth-order valence-electron chi connectivity index (χ4n) is 4.03. The fourth-order valence-corrected chi connectivity index (χ4v) is 4.03. The van der Waals surface area contributed by atoms with E-state index in [1.165, 1.54) is 5.56 Å². The molecule has 0 spiro atoms. The van der Waals surface area contributed by atoms with Gasteiger partial charge in [0.2, 0.25) is 11.9 Å². The molecule has 1 unspecified atom stereocenters. The molecule has 8 nitrogen and oxygen atoms in total. The molecule has 0 radical (unpaired) electrons. The van der Waals surface area contributed by atoms with E-state index in [0.29, 0.717) is 13.1 Å². The van der Waals surface area contributed by atoms with Gasteiger partial charge in [0.1, 0.15) is 0 Å². The number of hydrogen-bond acceptors (Lipinski definition) is 6. The maximum Gasteiger partial charge on any atom is 0.250 e. The minimum Gasteiger partial charge on any atom is -0.337 e. The highest BCUT2D eigenvalue weighted by Crippen LogP contribution is 2.34. The topological polar surface area (TPSA) is 70.4 Å². The summed E-state index contributed by atoms with van der Waals surface area (Å²) < 4.78 is 1.78. The van der Waals surface area contributed by atoms with Crippen molar-refractivity contribution in [1.29, 1.82) is 0 Å². The van der Waals surface area contributed by atoms with Crippen LogP contribution in [0.4, 0.5) is 5.95 Å². The fraction of sp³-hybridized carbons (Fsp3) is 0.333. The number of carbonyl (C=O) groups excluding carboxylic acids is 1. The molecule has 1 atom stereocenters. The Morgan fingerprint density at radius 2 is 1.59 bits per heavy atom. The smallest absolute Gasteiger partial charge is 0.250 e. The number of tetrazole rings is 1. The first kappa shape index (κ1) is 17.8. The number of anilines is 1. The van der Waals surface area contributed by atoms with Crippen molar-refractivity contribution < 1.29 is 4.79 Å². The van der Waals surface area contributed by atoms with Crippen molar-refractivity contribution in [3.05, 3.63) is 66.2 Å². The monoisotopic (exact) mass is 389 g/mol. The van der Waals surface area contributed by atoms with Crippen LogP contribution < -0.4 is 4.90 Å². The van der Waals surface area contributed by atoms with Gasteiger partial charge in [-0.05, 0) is 28.1 Å². The van der Waals surface area contributed by atoms with Gasteiger partial charge in [-0.2, -0.15) is 4.68 Å². The van der Waals surface area contributed by atoms with E-state index in [1.807, 2.05) is 53.4 Å². The lowest BCUT2D eigenvalue weighted by atomic mass is 9.94. The molecule has 29 heavy (non-hydrogen) atoms. The third-order valence-electron chi connectivity index (χ3n) is 5.71. The van der Waals surface area contributed by atoms with Gasteiger partial charge in [-0.15, -0.1) is 0 Å². The molecule has 3 heterocycles. The Morgan fingerprint density at radius 1 is 0.897 bits per heavy atom. The SMILES string of the molecule is O=C1CC(c2ccccc2)N1CN1CCN(c2nnnn2-c2ccccc2)CC1. The average molecular weight is 389 g/mol. The number of piperazine rings is 1. The summed E-state index contributed by atoms with van der Waals surface area (Å²) in [5, 5.41) is 12.3. The molecular weight excluding hydrogens is 366 g/mol. The van der Waals surface area contributed by atoms with Crippen molar-refractivity contribution in [2.45, 2.75) is 12.5 Å². The van der Waals surface area contributed by atoms with Crippen LogP contribution in [0.15, 0.2) is 60.7 Å². The van der Waals surface area contributed by atoms with Crippen LogP contribution in [0.25, 0.3) is 5.69 Å². The number of aromatic nitrogens is 4. The van der Waals surface area contributed by atoms with Crippen LogP contribution in [0.1, 0.15) is 18.0 Å². The summed E-state index contributed by atoms with van der Waals surface area (Å²) in [7, 11) is 0. The molecule has 0 bridgehead atoms. The molecule has 1 amide bonds. The van der Waals surface area contributed by atoms with Crippen LogP contribution in [0, 0.1) is 0 Å². The summed E-state index contributed by atoms with van der Waals surface area (Å²) in [6.45, 7) is 4.06. The molecular formula is C21H23N7O. The number of carbonyl (C=O) groups is 1. The van der Waals surface area contributed by atoms with Gasteiger partial charge in [0, 0.05) is 26.2 Å². The Balaban J connectivity index is 1.22. The highest BCUT2D eigenvalue weighted by Gasteiger charge is 2.38. The van der Waals surface area contributed by atoms with Crippen LogP contribution in [0.3, 0.4) is 0 Å². The Bertz CT molecular complexity index is 967. The van der Waals surface area contributed by atoms with Crippen molar-refractivity contribution in [3.63, 3.8) is 0 Å². The summed E-state index contributed by atoms with van der Waals surface area (Å²) >= 11 is 0. The number of hydrogen-bond donors (Lipinski definition) is 0. The molecule has 5 rings (SSSR count). The zero-order valence-electron chi connectivity index (χ0n) is 16.1. The van der Waals surface area contributed by atoms with Crippen molar-refractivity contribution in [3.8, 4) is 5.69 Å². The predicted octanol–water partition coefficient (Wildman–Crippen LogP) is 1.72. The highest BCUT2D eigenvalue weighted by molar-refractivity contribution is 5.83. The van der Waals surface area contributed by atoms with Gasteiger partial charge in [0.15, 0.2) is 0 Å². The van der Waals surface area contributed by atoms with E-state index in [9.17, 15) is 4.79 Å². The molecule has 2 fully saturated rings. The van der Waals surface area contributed by atoms with E-state index in [-0.39, 0.29) is 11.9 Å². The maximum absolute atomic E-state index is 12.2. The summed E-state index contributed by atoms with van der Waals surface area (Å²) in [6.07, 6.45) is 0.607. The first-order valence-corrected chi connectivity index (χ1v) is 9.95. The number of nitrogens with zero attached hydrogens (tertiary/aromatic N) is 7. The molecule has 148 valence electrons. The molecule has 3 aromatic rings. The zero-order valence-corrected chi connectivity index (χ0v) is 16.1. The van der Waals surface area contributed by atoms with Gasteiger partial charge in [0.05, 0.1) is 24.8 Å². The van der Waals surface area contributed by atoms with Crippen LogP contribution in [-0.4, -0.2) is 68.8 Å². The highest BCUT2D eigenvalue weighted by atomic mass is 16.2. The second kappa shape index (κ2) is 7.63. The van der Waals surface area contributed by atoms with E-state index in [4.69, 9.17) is 0 Å². The molecule has 0 aliphatic carbocycles.